The van der Waals surface area contributed by atoms with Gasteiger partial charge < -0.3 is 5.11 Å². The fourth-order valence-electron chi connectivity index (χ4n) is 2.28. The van der Waals surface area contributed by atoms with Crippen LogP contribution in [0.5, 0.6) is 0 Å². The number of rotatable bonds is 3. The Kier molecular flexibility index (Phi) is 3.25. The predicted octanol–water partition coefficient (Wildman–Crippen LogP) is 1.91. The van der Waals surface area contributed by atoms with E-state index >= 15 is 0 Å². The summed E-state index contributed by atoms with van der Waals surface area (Å²) in [5.41, 5.74) is 2.74. The Labute approximate surface area is 95.7 Å². The van der Waals surface area contributed by atoms with Crippen molar-refractivity contribution in [3.05, 3.63) is 35.4 Å². The maximum atomic E-state index is 10.7. The summed E-state index contributed by atoms with van der Waals surface area (Å²) in [5, 5.41) is 8.78. The first-order valence-corrected chi connectivity index (χ1v) is 5.69. The van der Waals surface area contributed by atoms with Crippen LogP contribution in [0, 0.1) is 0 Å². The summed E-state index contributed by atoms with van der Waals surface area (Å²) in [7, 11) is 0. The number of hydrogen-bond donors (Lipinski definition) is 1. The molecule has 3 heteroatoms. The standard InChI is InChI=1S/C13H17NO2/c1-10(8-13(15)16)14-7-6-11-4-2-3-5-12(11)9-14/h2-5,10H,6-9H2,1H3,(H,15,16)/t10-/m1/s1. The number of fused-ring (bicyclic) bond motifs is 1. The number of carboxylic acids is 1. The van der Waals surface area contributed by atoms with Gasteiger partial charge in [-0.25, -0.2) is 0 Å². The molecular formula is C13H17NO2. The van der Waals surface area contributed by atoms with E-state index in [1.54, 1.807) is 0 Å². The monoisotopic (exact) mass is 219 g/mol. The highest BCUT2D eigenvalue weighted by molar-refractivity contribution is 5.67. The summed E-state index contributed by atoms with van der Waals surface area (Å²) in [4.78, 5) is 12.9. The van der Waals surface area contributed by atoms with Crippen molar-refractivity contribution in [2.75, 3.05) is 6.54 Å². The molecule has 0 aliphatic carbocycles. The van der Waals surface area contributed by atoms with Gasteiger partial charge in [0.2, 0.25) is 0 Å². The topological polar surface area (TPSA) is 40.5 Å². The normalized spacial score (nSPS) is 17.8. The second-order valence-corrected chi connectivity index (χ2v) is 4.44. The lowest BCUT2D eigenvalue weighted by molar-refractivity contribution is -0.138. The maximum Gasteiger partial charge on any atom is 0.304 e. The van der Waals surface area contributed by atoms with Crippen molar-refractivity contribution in [3.63, 3.8) is 0 Å². The zero-order valence-corrected chi connectivity index (χ0v) is 9.52. The summed E-state index contributed by atoms with van der Waals surface area (Å²) in [6.07, 6.45) is 1.25. The van der Waals surface area contributed by atoms with Crippen molar-refractivity contribution < 1.29 is 9.90 Å². The first kappa shape index (κ1) is 11.1. The molecule has 1 aromatic rings. The van der Waals surface area contributed by atoms with Crippen molar-refractivity contribution in [2.24, 2.45) is 0 Å². The molecule has 1 heterocycles. The van der Waals surface area contributed by atoms with Crippen LogP contribution in [0.1, 0.15) is 24.5 Å². The van der Waals surface area contributed by atoms with Gasteiger partial charge in [-0.15, -0.1) is 0 Å². The molecule has 1 atom stereocenters. The predicted molar refractivity (Wildman–Crippen MR) is 62.3 cm³/mol. The minimum Gasteiger partial charge on any atom is -0.481 e. The zero-order chi connectivity index (χ0) is 11.5. The molecule has 0 saturated heterocycles. The van der Waals surface area contributed by atoms with E-state index in [1.807, 2.05) is 13.0 Å². The van der Waals surface area contributed by atoms with Crippen LogP contribution < -0.4 is 0 Å². The van der Waals surface area contributed by atoms with E-state index in [2.05, 4.69) is 23.1 Å². The van der Waals surface area contributed by atoms with E-state index in [0.29, 0.717) is 0 Å². The highest BCUT2D eigenvalue weighted by Crippen LogP contribution is 2.20. The summed E-state index contributed by atoms with van der Waals surface area (Å²) in [6.45, 7) is 3.83. The van der Waals surface area contributed by atoms with Crippen LogP contribution in [0.15, 0.2) is 24.3 Å². The van der Waals surface area contributed by atoms with E-state index in [0.717, 1.165) is 19.5 Å². The van der Waals surface area contributed by atoms with Gasteiger partial charge in [-0.2, -0.15) is 0 Å². The summed E-state index contributed by atoms with van der Waals surface area (Å²) >= 11 is 0. The maximum absolute atomic E-state index is 10.7. The SMILES string of the molecule is C[C@H](CC(=O)O)N1CCc2ccccc2C1. The van der Waals surface area contributed by atoms with Gasteiger partial charge in [-0.05, 0) is 24.5 Å². The largest absolute Gasteiger partial charge is 0.481 e. The van der Waals surface area contributed by atoms with Gasteiger partial charge >= 0.3 is 5.97 Å². The summed E-state index contributed by atoms with van der Waals surface area (Å²) in [5.74, 6) is -0.716. The molecule has 86 valence electrons. The van der Waals surface area contributed by atoms with Crippen molar-refractivity contribution in [1.82, 2.24) is 4.90 Å². The van der Waals surface area contributed by atoms with Crippen LogP contribution in [0.25, 0.3) is 0 Å². The number of benzene rings is 1. The molecule has 16 heavy (non-hydrogen) atoms. The summed E-state index contributed by atoms with van der Waals surface area (Å²) in [6, 6.07) is 8.52. The molecule has 1 aliphatic rings. The Morgan fingerprint density at radius 1 is 1.44 bits per heavy atom. The Morgan fingerprint density at radius 3 is 2.81 bits per heavy atom. The average molecular weight is 219 g/mol. The molecule has 0 aromatic heterocycles. The molecule has 2 rings (SSSR count). The third kappa shape index (κ3) is 2.42. The molecule has 3 nitrogen and oxygen atoms in total. The molecule has 0 amide bonds. The number of nitrogens with zero attached hydrogens (tertiary/aromatic N) is 1. The van der Waals surface area contributed by atoms with Gasteiger partial charge in [0.25, 0.3) is 0 Å². The van der Waals surface area contributed by atoms with Crippen molar-refractivity contribution >= 4 is 5.97 Å². The Balaban J connectivity index is 2.05. The van der Waals surface area contributed by atoms with Crippen molar-refractivity contribution in [3.8, 4) is 0 Å². The minimum absolute atomic E-state index is 0.117. The lowest BCUT2D eigenvalue weighted by Crippen LogP contribution is -2.38. The molecule has 1 aromatic carbocycles. The second kappa shape index (κ2) is 4.66. The van der Waals surface area contributed by atoms with Crippen LogP contribution in [0.4, 0.5) is 0 Å². The highest BCUT2D eigenvalue weighted by Gasteiger charge is 2.21. The molecule has 0 bridgehead atoms. The molecular weight excluding hydrogens is 202 g/mol. The average Bonchev–Trinajstić information content (AvgIpc) is 2.27. The first-order valence-electron chi connectivity index (χ1n) is 5.69. The van der Waals surface area contributed by atoms with E-state index in [9.17, 15) is 4.79 Å². The number of hydrogen-bond acceptors (Lipinski definition) is 2. The van der Waals surface area contributed by atoms with Gasteiger partial charge in [0, 0.05) is 19.1 Å². The highest BCUT2D eigenvalue weighted by atomic mass is 16.4. The van der Waals surface area contributed by atoms with Gasteiger partial charge in [-0.1, -0.05) is 24.3 Å². The minimum atomic E-state index is -0.716. The fourth-order valence-corrected chi connectivity index (χ4v) is 2.28. The van der Waals surface area contributed by atoms with E-state index in [-0.39, 0.29) is 12.5 Å². The Hall–Kier alpha value is -1.35. The molecule has 0 fully saturated rings. The molecule has 1 N–H and O–H groups in total. The van der Waals surface area contributed by atoms with Gasteiger partial charge in [0.15, 0.2) is 0 Å². The number of carboxylic acid groups (broad SMARTS) is 1. The molecule has 1 aliphatic heterocycles. The van der Waals surface area contributed by atoms with Gasteiger partial charge in [0.05, 0.1) is 6.42 Å². The van der Waals surface area contributed by atoms with Gasteiger partial charge in [-0.3, -0.25) is 9.69 Å². The quantitative estimate of drug-likeness (QED) is 0.844. The number of aliphatic carboxylic acids is 1. The zero-order valence-electron chi connectivity index (χ0n) is 9.52. The summed E-state index contributed by atoms with van der Waals surface area (Å²) < 4.78 is 0. The second-order valence-electron chi connectivity index (χ2n) is 4.44. The van der Waals surface area contributed by atoms with Crippen molar-refractivity contribution in [1.29, 1.82) is 0 Å². The lowest BCUT2D eigenvalue weighted by Gasteiger charge is -2.33. The smallest absolute Gasteiger partial charge is 0.304 e. The van der Waals surface area contributed by atoms with Gasteiger partial charge in [0.1, 0.15) is 0 Å². The van der Waals surface area contributed by atoms with Crippen LogP contribution in [-0.4, -0.2) is 28.6 Å². The third-order valence-corrected chi connectivity index (χ3v) is 3.25. The van der Waals surface area contributed by atoms with Crippen LogP contribution in [-0.2, 0) is 17.8 Å². The van der Waals surface area contributed by atoms with Crippen molar-refractivity contribution in [2.45, 2.75) is 32.4 Å². The molecule has 0 spiro atoms. The molecule has 0 saturated carbocycles. The fraction of sp³-hybridized carbons (Fsp3) is 0.462. The van der Waals surface area contributed by atoms with Crippen LogP contribution in [0.2, 0.25) is 0 Å². The molecule has 0 radical (unpaired) electrons. The third-order valence-electron chi connectivity index (χ3n) is 3.25. The van der Waals surface area contributed by atoms with Crippen LogP contribution >= 0.6 is 0 Å². The van der Waals surface area contributed by atoms with E-state index in [4.69, 9.17) is 5.11 Å². The molecule has 0 unspecified atom stereocenters. The van der Waals surface area contributed by atoms with Crippen LogP contribution in [0.3, 0.4) is 0 Å². The lowest BCUT2D eigenvalue weighted by atomic mass is 9.98. The van der Waals surface area contributed by atoms with E-state index in [1.165, 1.54) is 11.1 Å². The number of carbonyl (C=O) groups is 1. The Bertz CT molecular complexity index is 389. The van der Waals surface area contributed by atoms with E-state index < -0.39 is 5.97 Å². The Morgan fingerprint density at radius 2 is 2.12 bits per heavy atom. The first-order chi connectivity index (χ1) is 7.66.